The van der Waals surface area contributed by atoms with Crippen molar-refractivity contribution in [3.8, 4) is 11.1 Å². The van der Waals surface area contributed by atoms with Crippen molar-refractivity contribution in [2.45, 2.75) is 19.8 Å². The Labute approximate surface area is 136 Å². The van der Waals surface area contributed by atoms with Gasteiger partial charge in [0.05, 0.1) is 0 Å². The fraction of sp³-hybridized carbons (Fsp3) is 0.263. The highest BCUT2D eigenvalue weighted by atomic mass is 16.2. The van der Waals surface area contributed by atoms with E-state index in [2.05, 4.69) is 10.6 Å². The van der Waals surface area contributed by atoms with Crippen molar-refractivity contribution < 1.29 is 9.59 Å². The first kappa shape index (κ1) is 16.7. The van der Waals surface area contributed by atoms with Gasteiger partial charge in [0.1, 0.15) is 0 Å². The zero-order chi connectivity index (χ0) is 16.5. The maximum Gasteiger partial charge on any atom is 0.251 e. The monoisotopic (exact) mass is 310 g/mol. The Balaban J connectivity index is 1.82. The van der Waals surface area contributed by atoms with E-state index in [4.69, 9.17) is 0 Å². The molecule has 0 atom stereocenters. The molecule has 23 heavy (non-hydrogen) atoms. The van der Waals surface area contributed by atoms with Crippen LogP contribution >= 0.6 is 0 Å². The van der Waals surface area contributed by atoms with Crippen LogP contribution in [0.1, 0.15) is 30.1 Å². The van der Waals surface area contributed by atoms with Gasteiger partial charge in [-0.2, -0.15) is 0 Å². The van der Waals surface area contributed by atoms with E-state index in [1.165, 1.54) is 0 Å². The molecule has 2 N–H and O–H groups in total. The average Bonchev–Trinajstić information content (AvgIpc) is 2.60. The van der Waals surface area contributed by atoms with Crippen molar-refractivity contribution in [3.05, 3.63) is 60.2 Å². The third-order valence-corrected chi connectivity index (χ3v) is 3.46. The molecule has 0 saturated carbocycles. The minimum absolute atomic E-state index is 0.0222. The summed E-state index contributed by atoms with van der Waals surface area (Å²) in [5.41, 5.74) is 2.82. The topological polar surface area (TPSA) is 58.2 Å². The lowest BCUT2D eigenvalue weighted by Gasteiger charge is -2.07. The van der Waals surface area contributed by atoms with E-state index in [0.29, 0.717) is 25.1 Å². The van der Waals surface area contributed by atoms with E-state index in [1.807, 2.05) is 61.5 Å². The second-order valence-electron chi connectivity index (χ2n) is 5.30. The van der Waals surface area contributed by atoms with E-state index in [9.17, 15) is 9.59 Å². The Morgan fingerprint density at radius 2 is 1.43 bits per heavy atom. The molecule has 0 bridgehead atoms. The van der Waals surface area contributed by atoms with Crippen LogP contribution in [0, 0.1) is 0 Å². The summed E-state index contributed by atoms with van der Waals surface area (Å²) in [6.45, 7) is 2.84. The molecule has 2 rings (SSSR count). The Kier molecular flexibility index (Phi) is 6.36. The van der Waals surface area contributed by atoms with Crippen molar-refractivity contribution in [2.24, 2.45) is 0 Å². The van der Waals surface area contributed by atoms with Crippen molar-refractivity contribution in [3.63, 3.8) is 0 Å². The molecule has 2 aromatic rings. The lowest BCUT2D eigenvalue weighted by Crippen LogP contribution is -2.34. The van der Waals surface area contributed by atoms with Gasteiger partial charge in [-0.3, -0.25) is 9.59 Å². The number of rotatable bonds is 7. The summed E-state index contributed by atoms with van der Waals surface area (Å²) >= 11 is 0. The predicted molar refractivity (Wildman–Crippen MR) is 92.1 cm³/mol. The van der Waals surface area contributed by atoms with E-state index < -0.39 is 0 Å². The van der Waals surface area contributed by atoms with Gasteiger partial charge < -0.3 is 10.6 Å². The Morgan fingerprint density at radius 3 is 2.09 bits per heavy atom. The molecule has 0 aliphatic rings. The molecule has 0 aromatic heterocycles. The van der Waals surface area contributed by atoms with Crippen molar-refractivity contribution >= 4 is 11.8 Å². The van der Waals surface area contributed by atoms with Gasteiger partial charge in [0.25, 0.3) is 5.91 Å². The first-order valence-corrected chi connectivity index (χ1v) is 7.91. The van der Waals surface area contributed by atoms with Crippen LogP contribution in [0.3, 0.4) is 0 Å². The molecule has 0 spiro atoms. The van der Waals surface area contributed by atoms with Crippen LogP contribution in [0.4, 0.5) is 0 Å². The number of amides is 2. The van der Waals surface area contributed by atoms with Crippen LogP contribution in [0.5, 0.6) is 0 Å². The summed E-state index contributed by atoms with van der Waals surface area (Å²) in [4.78, 5) is 23.3. The molecule has 0 fully saturated rings. The molecule has 0 radical (unpaired) electrons. The second-order valence-corrected chi connectivity index (χ2v) is 5.30. The molecule has 0 saturated heterocycles. The average molecular weight is 310 g/mol. The van der Waals surface area contributed by atoms with E-state index in [1.54, 1.807) is 0 Å². The zero-order valence-electron chi connectivity index (χ0n) is 13.3. The van der Waals surface area contributed by atoms with Gasteiger partial charge in [-0.25, -0.2) is 0 Å². The lowest BCUT2D eigenvalue weighted by atomic mass is 10.0. The Bertz CT molecular complexity index is 636. The zero-order valence-corrected chi connectivity index (χ0v) is 13.3. The minimum Gasteiger partial charge on any atom is -0.354 e. The van der Waals surface area contributed by atoms with Gasteiger partial charge in [-0.05, 0) is 29.7 Å². The van der Waals surface area contributed by atoms with E-state index in [-0.39, 0.29) is 11.8 Å². The Morgan fingerprint density at radius 1 is 0.826 bits per heavy atom. The molecule has 2 aromatic carbocycles. The number of carbonyl (C=O) groups excluding carboxylic acids is 2. The van der Waals surface area contributed by atoms with Crippen molar-refractivity contribution in [1.29, 1.82) is 0 Å². The molecule has 120 valence electrons. The fourth-order valence-corrected chi connectivity index (χ4v) is 2.24. The van der Waals surface area contributed by atoms with Crippen LogP contribution in [0.2, 0.25) is 0 Å². The van der Waals surface area contributed by atoms with Crippen molar-refractivity contribution in [1.82, 2.24) is 10.6 Å². The summed E-state index contributed by atoms with van der Waals surface area (Å²) in [7, 11) is 0. The standard InChI is InChI=1S/C19H22N2O2/c1-2-6-18(22)20-13-14-21-19(23)17-11-9-16(10-12-17)15-7-4-3-5-8-15/h3-5,7-12H,2,6,13-14H2,1H3,(H,20,22)(H,21,23). The van der Waals surface area contributed by atoms with Gasteiger partial charge in [0, 0.05) is 25.1 Å². The minimum atomic E-state index is -0.130. The first-order chi connectivity index (χ1) is 11.2. The van der Waals surface area contributed by atoms with Crippen molar-refractivity contribution in [2.75, 3.05) is 13.1 Å². The van der Waals surface area contributed by atoms with E-state index in [0.717, 1.165) is 17.5 Å². The summed E-state index contributed by atoms with van der Waals surface area (Å²) in [6, 6.07) is 17.5. The molecule has 2 amide bonds. The quantitative estimate of drug-likeness (QED) is 0.772. The summed E-state index contributed by atoms with van der Waals surface area (Å²) in [5.74, 6) is -0.108. The number of hydrogen-bond acceptors (Lipinski definition) is 2. The lowest BCUT2D eigenvalue weighted by molar-refractivity contribution is -0.121. The molecule has 0 unspecified atom stereocenters. The number of carbonyl (C=O) groups is 2. The van der Waals surface area contributed by atoms with Gasteiger partial charge in [0.15, 0.2) is 0 Å². The van der Waals surface area contributed by atoms with Crippen LogP contribution in [0.15, 0.2) is 54.6 Å². The fourth-order valence-electron chi connectivity index (χ4n) is 2.24. The Hall–Kier alpha value is -2.62. The first-order valence-electron chi connectivity index (χ1n) is 7.91. The molecule has 0 heterocycles. The molecular formula is C19H22N2O2. The maximum absolute atomic E-state index is 12.0. The predicted octanol–water partition coefficient (Wildman–Crippen LogP) is 3.00. The molecule has 4 nitrogen and oxygen atoms in total. The third-order valence-electron chi connectivity index (χ3n) is 3.46. The van der Waals surface area contributed by atoms with Crippen LogP contribution in [-0.2, 0) is 4.79 Å². The smallest absolute Gasteiger partial charge is 0.251 e. The number of benzene rings is 2. The van der Waals surface area contributed by atoms with Crippen LogP contribution in [0.25, 0.3) is 11.1 Å². The highest BCUT2D eigenvalue weighted by molar-refractivity contribution is 5.94. The van der Waals surface area contributed by atoms with Crippen LogP contribution < -0.4 is 10.6 Å². The van der Waals surface area contributed by atoms with Gasteiger partial charge in [-0.1, -0.05) is 49.4 Å². The largest absolute Gasteiger partial charge is 0.354 e. The van der Waals surface area contributed by atoms with Gasteiger partial charge in [0.2, 0.25) is 5.91 Å². The SMILES string of the molecule is CCCC(=O)NCCNC(=O)c1ccc(-c2ccccc2)cc1. The van der Waals surface area contributed by atoms with E-state index >= 15 is 0 Å². The molecule has 0 aliphatic carbocycles. The highest BCUT2D eigenvalue weighted by Gasteiger charge is 2.05. The molecule has 4 heteroatoms. The molecule has 0 aliphatic heterocycles. The summed E-state index contributed by atoms with van der Waals surface area (Å²) in [6.07, 6.45) is 1.35. The highest BCUT2D eigenvalue weighted by Crippen LogP contribution is 2.19. The normalized spacial score (nSPS) is 10.1. The molecular weight excluding hydrogens is 288 g/mol. The second kappa shape index (κ2) is 8.73. The third kappa shape index (κ3) is 5.25. The van der Waals surface area contributed by atoms with Gasteiger partial charge in [-0.15, -0.1) is 0 Å². The summed E-state index contributed by atoms with van der Waals surface area (Å²) in [5, 5.41) is 5.57. The number of nitrogens with one attached hydrogen (secondary N) is 2. The van der Waals surface area contributed by atoms with Gasteiger partial charge >= 0.3 is 0 Å². The summed E-state index contributed by atoms with van der Waals surface area (Å²) < 4.78 is 0. The van der Waals surface area contributed by atoms with Crippen LogP contribution in [-0.4, -0.2) is 24.9 Å². The number of hydrogen-bond donors (Lipinski definition) is 2. The maximum atomic E-state index is 12.0.